The lowest BCUT2D eigenvalue weighted by molar-refractivity contribution is -0.116. The molecule has 4 N–H and O–H groups in total. The van der Waals surface area contributed by atoms with Gasteiger partial charge in [-0.3, -0.25) is 0 Å². The Hall–Kier alpha value is 0.240. The molecule has 0 fully saturated rings. The summed E-state index contributed by atoms with van der Waals surface area (Å²) in [4.78, 5) is 10.1. The van der Waals surface area contributed by atoms with Crippen molar-refractivity contribution in [3.05, 3.63) is 0 Å². The van der Waals surface area contributed by atoms with Gasteiger partial charge in [-0.1, -0.05) is 22.6 Å². The summed E-state index contributed by atoms with van der Waals surface area (Å²) in [6, 6.07) is 0. The molecule has 6 heteroatoms. The number of hydrogen-bond acceptors (Lipinski definition) is 5. The summed E-state index contributed by atoms with van der Waals surface area (Å²) in [5, 5.41) is 35.4. The van der Waals surface area contributed by atoms with E-state index in [1.54, 1.807) is 22.6 Å². The highest BCUT2D eigenvalue weighted by molar-refractivity contribution is 14.1. The third-order valence-electron chi connectivity index (χ3n) is 1.37. The number of carbonyl (C=O) groups is 1. The van der Waals surface area contributed by atoms with Crippen molar-refractivity contribution >= 4 is 28.9 Å². The molecule has 0 unspecified atom stereocenters. The number of halogens is 1. The maximum Gasteiger partial charge on any atom is 0.149 e. The number of aldehydes is 1. The topological polar surface area (TPSA) is 98.0 Å². The normalized spacial score (nSPS) is 21.1. The van der Waals surface area contributed by atoms with Crippen LogP contribution in [0.1, 0.15) is 0 Å². The van der Waals surface area contributed by atoms with Crippen LogP contribution in [0.4, 0.5) is 0 Å². The molecule has 4 atom stereocenters. The van der Waals surface area contributed by atoms with E-state index in [2.05, 4.69) is 0 Å². The fraction of sp³-hybridized carbons (Fsp3) is 0.833. The quantitative estimate of drug-likeness (QED) is 0.268. The lowest BCUT2D eigenvalue weighted by Gasteiger charge is -2.22. The van der Waals surface area contributed by atoms with Crippen molar-refractivity contribution in [2.24, 2.45) is 0 Å². The van der Waals surface area contributed by atoms with Crippen molar-refractivity contribution < 1.29 is 25.2 Å². The molecule has 0 aromatic heterocycles. The van der Waals surface area contributed by atoms with Crippen LogP contribution in [0.5, 0.6) is 0 Å². The van der Waals surface area contributed by atoms with Gasteiger partial charge in [0, 0.05) is 0 Å². The molecule has 5 nitrogen and oxygen atoms in total. The average molecular weight is 290 g/mol. The van der Waals surface area contributed by atoms with Gasteiger partial charge in [-0.15, -0.1) is 0 Å². The van der Waals surface area contributed by atoms with Gasteiger partial charge in [0.1, 0.15) is 18.5 Å². The summed E-state index contributed by atoms with van der Waals surface area (Å²) in [6.07, 6.45) is -3.70. The highest BCUT2D eigenvalue weighted by Crippen LogP contribution is 2.13. The number of alkyl halides is 1. The predicted octanol–water partition coefficient (Wildman–Crippen LogP) is -1.94. The highest BCUT2D eigenvalue weighted by atomic mass is 127. The van der Waals surface area contributed by atoms with Crippen LogP contribution in [0.3, 0.4) is 0 Å². The number of hydrogen-bond donors (Lipinski definition) is 4. The molecule has 0 rings (SSSR count). The van der Waals surface area contributed by atoms with Gasteiger partial charge in [0.2, 0.25) is 0 Å². The Kier molecular flexibility index (Phi) is 5.93. The second-order valence-electron chi connectivity index (χ2n) is 2.31. The molecule has 12 heavy (non-hydrogen) atoms. The molecule has 0 aromatic rings. The van der Waals surface area contributed by atoms with Crippen molar-refractivity contribution in [1.82, 2.24) is 0 Å². The Bertz CT molecular complexity index is 142. The van der Waals surface area contributed by atoms with Crippen molar-refractivity contribution in [2.45, 2.75) is 22.2 Å². The van der Waals surface area contributed by atoms with Gasteiger partial charge in [-0.2, -0.15) is 0 Å². The lowest BCUT2D eigenvalue weighted by Crippen LogP contribution is -2.42. The Morgan fingerprint density at radius 1 is 1.33 bits per heavy atom. The molecule has 0 amide bonds. The van der Waals surface area contributed by atoms with Gasteiger partial charge in [-0.05, 0) is 0 Å². The van der Waals surface area contributed by atoms with Crippen LogP contribution in [0.15, 0.2) is 0 Å². The predicted molar refractivity (Wildman–Crippen MR) is 49.0 cm³/mol. The second-order valence-corrected chi connectivity index (χ2v) is 3.75. The summed E-state index contributed by atoms with van der Waals surface area (Å²) < 4.78 is -0.817. The van der Waals surface area contributed by atoms with Gasteiger partial charge < -0.3 is 25.2 Å². The maximum absolute atomic E-state index is 10.1. The third kappa shape index (κ3) is 3.31. The van der Waals surface area contributed by atoms with E-state index in [0.717, 1.165) is 0 Å². The van der Waals surface area contributed by atoms with Gasteiger partial charge in [0.05, 0.1) is 16.6 Å². The number of rotatable bonds is 5. The molecular formula is C6H11IO5. The van der Waals surface area contributed by atoms with E-state index in [0.29, 0.717) is 0 Å². The molecule has 0 aliphatic heterocycles. The third-order valence-corrected chi connectivity index (χ3v) is 2.85. The zero-order valence-electron chi connectivity index (χ0n) is 6.17. The zero-order chi connectivity index (χ0) is 9.72. The number of carbonyl (C=O) groups excluding carboxylic acids is 1. The van der Waals surface area contributed by atoms with Crippen LogP contribution in [0, 0.1) is 0 Å². The number of aliphatic hydroxyl groups is 4. The summed E-state index contributed by atoms with van der Waals surface area (Å²) in [5.74, 6) is 0. The van der Waals surface area contributed by atoms with E-state index >= 15 is 0 Å². The fourth-order valence-corrected chi connectivity index (χ4v) is 1.25. The Labute approximate surface area is 83.2 Å². The van der Waals surface area contributed by atoms with Crippen molar-refractivity contribution in [3.63, 3.8) is 0 Å². The van der Waals surface area contributed by atoms with E-state index in [1.165, 1.54) is 0 Å². The largest absolute Gasteiger partial charge is 0.394 e. The number of aliphatic hydroxyl groups excluding tert-OH is 4. The smallest absolute Gasteiger partial charge is 0.149 e. The van der Waals surface area contributed by atoms with Crippen molar-refractivity contribution in [2.75, 3.05) is 6.61 Å². The Morgan fingerprint density at radius 3 is 2.17 bits per heavy atom. The molecule has 0 saturated carbocycles. The van der Waals surface area contributed by atoms with E-state index in [9.17, 15) is 4.79 Å². The van der Waals surface area contributed by atoms with E-state index in [4.69, 9.17) is 20.4 Å². The first-order valence-electron chi connectivity index (χ1n) is 3.29. The minimum Gasteiger partial charge on any atom is -0.394 e. The lowest BCUT2D eigenvalue weighted by atomic mass is 10.1. The second kappa shape index (κ2) is 5.81. The van der Waals surface area contributed by atoms with E-state index < -0.39 is 28.8 Å². The van der Waals surface area contributed by atoms with E-state index in [1.807, 2.05) is 0 Å². The van der Waals surface area contributed by atoms with Gasteiger partial charge in [0.15, 0.2) is 0 Å². The van der Waals surface area contributed by atoms with Crippen LogP contribution in [0.2, 0.25) is 0 Å². The molecule has 72 valence electrons. The maximum atomic E-state index is 10.1. The molecule has 0 aliphatic carbocycles. The molecule has 0 radical (unpaired) electrons. The highest BCUT2D eigenvalue weighted by Gasteiger charge is 2.28. The molecule has 0 aromatic carbocycles. The van der Waals surface area contributed by atoms with Crippen LogP contribution >= 0.6 is 22.6 Å². The molecule has 0 saturated heterocycles. The van der Waals surface area contributed by atoms with Crippen molar-refractivity contribution in [1.29, 1.82) is 0 Å². The average Bonchev–Trinajstić information content (AvgIpc) is 2.12. The first kappa shape index (κ1) is 12.2. The first-order valence-corrected chi connectivity index (χ1v) is 4.53. The van der Waals surface area contributed by atoms with Crippen molar-refractivity contribution in [3.8, 4) is 0 Å². The minimum absolute atomic E-state index is 0.268. The molecular weight excluding hydrogens is 279 g/mol. The Morgan fingerprint density at radius 2 is 1.83 bits per heavy atom. The van der Waals surface area contributed by atoms with E-state index in [-0.39, 0.29) is 6.29 Å². The minimum atomic E-state index is -1.33. The summed E-state index contributed by atoms with van der Waals surface area (Å²) in [6.45, 7) is -0.605. The summed E-state index contributed by atoms with van der Waals surface area (Å²) in [5.41, 5.74) is 0. The molecule has 0 aliphatic rings. The first-order chi connectivity index (χ1) is 5.54. The van der Waals surface area contributed by atoms with Crippen LogP contribution in [0.25, 0.3) is 0 Å². The van der Waals surface area contributed by atoms with Crippen LogP contribution in [-0.4, -0.2) is 55.6 Å². The van der Waals surface area contributed by atoms with Crippen LogP contribution < -0.4 is 0 Å². The monoisotopic (exact) mass is 290 g/mol. The Balaban J connectivity index is 4.07. The molecule has 0 bridgehead atoms. The molecule has 0 heterocycles. The van der Waals surface area contributed by atoms with Crippen LogP contribution in [-0.2, 0) is 4.79 Å². The standard InChI is InChI=1S/C6H11IO5/c7-5(3(10)1-8)6(12)4(11)2-9/h1,3-6,9-12H,2H2/t3-,4+,5-,6+/m0/s1. The fourth-order valence-electron chi connectivity index (χ4n) is 0.597. The zero-order valence-corrected chi connectivity index (χ0v) is 8.33. The summed E-state index contributed by atoms with van der Waals surface area (Å²) >= 11 is 1.63. The summed E-state index contributed by atoms with van der Waals surface area (Å²) in [7, 11) is 0. The molecule has 0 spiro atoms. The SMILES string of the molecule is O=C[C@H](O)[C@H](I)[C@H](O)[C@H](O)CO. The van der Waals surface area contributed by atoms with Gasteiger partial charge >= 0.3 is 0 Å². The van der Waals surface area contributed by atoms with Gasteiger partial charge in [-0.25, -0.2) is 0 Å². The van der Waals surface area contributed by atoms with Gasteiger partial charge in [0.25, 0.3) is 0 Å².